The maximum atomic E-state index is 11.9. The molecule has 0 aliphatic carbocycles. The number of carbonyl (C=O) groups is 2. The van der Waals surface area contributed by atoms with Crippen molar-refractivity contribution in [2.45, 2.75) is 0 Å². The van der Waals surface area contributed by atoms with Gasteiger partial charge in [-0.1, -0.05) is 12.1 Å². The number of ether oxygens (including phenoxy) is 2. The van der Waals surface area contributed by atoms with Gasteiger partial charge in [-0.05, 0) is 35.9 Å². The van der Waals surface area contributed by atoms with Gasteiger partial charge in [-0.2, -0.15) is 5.10 Å². The van der Waals surface area contributed by atoms with Crippen molar-refractivity contribution < 1.29 is 24.2 Å². The van der Waals surface area contributed by atoms with Crippen molar-refractivity contribution in [3.8, 4) is 17.2 Å². The molecule has 2 rings (SSSR count). The Balaban J connectivity index is 1.96. The van der Waals surface area contributed by atoms with Crippen molar-refractivity contribution in [3.05, 3.63) is 48.0 Å². The molecule has 2 aromatic rings. The molecule has 8 nitrogen and oxygen atoms in total. The van der Waals surface area contributed by atoms with Crippen LogP contribution < -0.4 is 20.2 Å². The van der Waals surface area contributed by atoms with Crippen LogP contribution in [0.2, 0.25) is 0 Å². The van der Waals surface area contributed by atoms with Crippen LogP contribution in [0.15, 0.2) is 47.6 Å². The van der Waals surface area contributed by atoms with Crippen LogP contribution >= 0.6 is 0 Å². The molecule has 0 saturated heterocycles. The van der Waals surface area contributed by atoms with Crippen molar-refractivity contribution in [2.75, 3.05) is 19.5 Å². The third-order valence-corrected chi connectivity index (χ3v) is 3.14. The largest absolute Gasteiger partial charge is 0.504 e. The summed E-state index contributed by atoms with van der Waals surface area (Å²) in [4.78, 5) is 23.6. The first-order valence-electron chi connectivity index (χ1n) is 7.19. The Morgan fingerprint density at radius 2 is 1.76 bits per heavy atom. The zero-order chi connectivity index (χ0) is 18.2. The van der Waals surface area contributed by atoms with Crippen LogP contribution in [-0.4, -0.2) is 37.4 Å². The van der Waals surface area contributed by atoms with Crippen LogP contribution in [0.5, 0.6) is 17.2 Å². The Labute approximate surface area is 144 Å². The molecule has 0 heterocycles. The Bertz CT molecular complexity index is 805. The smallest absolute Gasteiger partial charge is 0.329 e. The lowest BCUT2D eigenvalue weighted by atomic mass is 10.2. The number of amides is 2. The first kappa shape index (κ1) is 17.8. The van der Waals surface area contributed by atoms with Gasteiger partial charge in [0.15, 0.2) is 11.5 Å². The van der Waals surface area contributed by atoms with E-state index in [0.29, 0.717) is 17.0 Å². The molecule has 0 radical (unpaired) electrons. The topological polar surface area (TPSA) is 109 Å². The number of nitrogens with one attached hydrogen (secondary N) is 2. The fourth-order valence-corrected chi connectivity index (χ4v) is 1.92. The Morgan fingerprint density at radius 1 is 1.04 bits per heavy atom. The molecular formula is C17H17N3O5. The van der Waals surface area contributed by atoms with Gasteiger partial charge >= 0.3 is 11.8 Å². The third-order valence-electron chi connectivity index (χ3n) is 3.14. The second-order valence-corrected chi connectivity index (χ2v) is 4.78. The fourth-order valence-electron chi connectivity index (χ4n) is 1.92. The zero-order valence-corrected chi connectivity index (χ0v) is 13.6. The van der Waals surface area contributed by atoms with E-state index in [1.165, 1.54) is 32.6 Å². The second-order valence-electron chi connectivity index (χ2n) is 4.78. The summed E-state index contributed by atoms with van der Waals surface area (Å²) in [5.41, 5.74) is 3.06. The summed E-state index contributed by atoms with van der Waals surface area (Å²) in [7, 11) is 2.88. The second kappa shape index (κ2) is 8.34. The van der Waals surface area contributed by atoms with E-state index in [-0.39, 0.29) is 11.5 Å². The molecule has 2 amide bonds. The Hall–Kier alpha value is -3.55. The van der Waals surface area contributed by atoms with Gasteiger partial charge in [0.2, 0.25) is 0 Å². The summed E-state index contributed by atoms with van der Waals surface area (Å²) in [5, 5.41) is 15.6. The summed E-state index contributed by atoms with van der Waals surface area (Å²) in [5.74, 6) is -1.13. The lowest BCUT2D eigenvalue weighted by Gasteiger charge is -2.08. The number of anilines is 1. The minimum absolute atomic E-state index is 0.0140. The number of nitrogens with zero attached hydrogens (tertiary/aromatic N) is 1. The molecule has 8 heteroatoms. The number of methoxy groups -OCH3 is 2. The van der Waals surface area contributed by atoms with Crippen LogP contribution in [0.4, 0.5) is 5.69 Å². The Kier molecular flexibility index (Phi) is 5.94. The van der Waals surface area contributed by atoms with E-state index in [9.17, 15) is 14.7 Å². The number of phenols is 1. The highest BCUT2D eigenvalue weighted by Crippen LogP contribution is 2.25. The number of aromatic hydroxyl groups is 1. The van der Waals surface area contributed by atoms with Crippen LogP contribution in [0.1, 0.15) is 5.56 Å². The first-order chi connectivity index (χ1) is 12.0. The van der Waals surface area contributed by atoms with Crippen molar-refractivity contribution >= 4 is 23.7 Å². The van der Waals surface area contributed by atoms with Gasteiger partial charge in [0.25, 0.3) is 0 Å². The first-order valence-corrected chi connectivity index (χ1v) is 7.19. The molecule has 0 spiro atoms. The molecule has 0 bridgehead atoms. The minimum atomic E-state index is -0.937. The standard InChI is InChI=1S/C17H17N3O5/c1-24-14-6-4-3-5-12(14)19-16(22)17(23)20-18-10-11-7-8-13(21)15(9-11)25-2/h3-10,21H,1-2H3,(H,19,22)(H,20,23)/b18-10+. The third kappa shape index (κ3) is 4.71. The van der Waals surface area contributed by atoms with E-state index in [1.807, 2.05) is 0 Å². The Morgan fingerprint density at radius 3 is 2.48 bits per heavy atom. The van der Waals surface area contributed by atoms with E-state index in [1.54, 1.807) is 30.3 Å². The molecule has 0 aromatic heterocycles. The SMILES string of the molecule is COc1cc(/C=N/NC(=O)C(=O)Nc2ccccc2OC)ccc1O. The van der Waals surface area contributed by atoms with Crippen LogP contribution in [0.25, 0.3) is 0 Å². The van der Waals surface area contributed by atoms with E-state index < -0.39 is 11.8 Å². The molecule has 0 unspecified atom stereocenters. The van der Waals surface area contributed by atoms with Crippen LogP contribution in [0.3, 0.4) is 0 Å². The van der Waals surface area contributed by atoms with E-state index in [0.717, 1.165) is 0 Å². The summed E-state index contributed by atoms with van der Waals surface area (Å²) in [6, 6.07) is 11.2. The predicted octanol–water partition coefficient (Wildman–Crippen LogP) is 1.50. The number of carbonyl (C=O) groups excluding carboxylic acids is 2. The van der Waals surface area contributed by atoms with E-state index >= 15 is 0 Å². The lowest BCUT2D eigenvalue weighted by molar-refractivity contribution is -0.136. The van der Waals surface area contributed by atoms with Crippen molar-refractivity contribution in [1.82, 2.24) is 5.43 Å². The molecule has 0 aliphatic rings. The van der Waals surface area contributed by atoms with Gasteiger partial charge < -0.3 is 19.9 Å². The van der Waals surface area contributed by atoms with Gasteiger partial charge in [0.05, 0.1) is 26.1 Å². The molecule has 0 atom stereocenters. The van der Waals surface area contributed by atoms with E-state index in [4.69, 9.17) is 9.47 Å². The average molecular weight is 343 g/mol. The molecular weight excluding hydrogens is 326 g/mol. The molecule has 0 aliphatic heterocycles. The number of para-hydroxylation sites is 2. The van der Waals surface area contributed by atoms with Crippen molar-refractivity contribution in [2.24, 2.45) is 5.10 Å². The van der Waals surface area contributed by atoms with Crippen LogP contribution in [-0.2, 0) is 9.59 Å². The molecule has 2 aromatic carbocycles. The normalized spacial score (nSPS) is 10.3. The highest BCUT2D eigenvalue weighted by Gasteiger charge is 2.14. The molecule has 0 saturated carbocycles. The zero-order valence-electron chi connectivity index (χ0n) is 13.6. The van der Waals surface area contributed by atoms with Gasteiger partial charge in [-0.15, -0.1) is 0 Å². The molecule has 3 N–H and O–H groups in total. The highest BCUT2D eigenvalue weighted by atomic mass is 16.5. The van der Waals surface area contributed by atoms with Crippen molar-refractivity contribution in [1.29, 1.82) is 0 Å². The quantitative estimate of drug-likeness (QED) is 0.433. The molecule has 0 fully saturated rings. The fraction of sp³-hybridized carbons (Fsp3) is 0.118. The summed E-state index contributed by atoms with van der Waals surface area (Å²) < 4.78 is 10.1. The van der Waals surface area contributed by atoms with Gasteiger partial charge in [-0.25, -0.2) is 5.43 Å². The number of hydrogen-bond donors (Lipinski definition) is 3. The van der Waals surface area contributed by atoms with Gasteiger partial charge in [0, 0.05) is 0 Å². The monoisotopic (exact) mass is 343 g/mol. The number of phenolic OH excluding ortho intramolecular Hbond substituents is 1. The predicted molar refractivity (Wildman–Crippen MR) is 92.0 cm³/mol. The summed E-state index contributed by atoms with van der Waals surface area (Å²) >= 11 is 0. The summed E-state index contributed by atoms with van der Waals surface area (Å²) in [6.07, 6.45) is 1.32. The van der Waals surface area contributed by atoms with Gasteiger partial charge in [0.1, 0.15) is 5.75 Å². The molecule has 25 heavy (non-hydrogen) atoms. The van der Waals surface area contributed by atoms with Gasteiger partial charge in [-0.3, -0.25) is 9.59 Å². The number of hydrogen-bond acceptors (Lipinski definition) is 6. The minimum Gasteiger partial charge on any atom is -0.504 e. The number of rotatable bonds is 5. The highest BCUT2D eigenvalue weighted by molar-refractivity contribution is 6.39. The molecule has 130 valence electrons. The van der Waals surface area contributed by atoms with E-state index in [2.05, 4.69) is 15.8 Å². The number of benzene rings is 2. The van der Waals surface area contributed by atoms with Crippen molar-refractivity contribution in [3.63, 3.8) is 0 Å². The summed E-state index contributed by atoms with van der Waals surface area (Å²) in [6.45, 7) is 0. The lowest BCUT2D eigenvalue weighted by Crippen LogP contribution is -2.32. The maximum Gasteiger partial charge on any atom is 0.329 e. The maximum absolute atomic E-state index is 11.9. The number of hydrazone groups is 1. The van der Waals surface area contributed by atoms with Crippen LogP contribution in [0, 0.1) is 0 Å². The average Bonchev–Trinajstić information content (AvgIpc) is 2.63.